The molecule has 19 heavy (non-hydrogen) atoms. The molecular formula is C15H19F2NS. The minimum Gasteiger partial charge on any atom is -0.241 e. The molecule has 0 radical (unpaired) electrons. The topological polar surface area (TPSA) is 12.9 Å². The van der Waals surface area contributed by atoms with Gasteiger partial charge in [0.1, 0.15) is 5.01 Å². The first-order valence-electron chi connectivity index (χ1n) is 6.44. The number of thiazole rings is 1. The highest BCUT2D eigenvalue weighted by Gasteiger charge is 2.23. The van der Waals surface area contributed by atoms with Crippen LogP contribution in [0.2, 0.25) is 0 Å². The van der Waals surface area contributed by atoms with E-state index in [1.54, 1.807) is 23.5 Å². The average Bonchev–Trinajstić information content (AvgIpc) is 2.89. The van der Waals surface area contributed by atoms with Gasteiger partial charge in [-0.1, -0.05) is 45.0 Å². The van der Waals surface area contributed by atoms with Gasteiger partial charge in [-0.15, -0.1) is 11.3 Å². The van der Waals surface area contributed by atoms with Crippen LogP contribution in [-0.4, -0.2) is 4.98 Å². The number of aryl methyl sites for hydroxylation is 1. The SMILES string of the molecule is CC.CCc1csc(-c2ccc(C(C)(F)F)cc2)n1. The molecule has 4 heteroatoms. The number of halogens is 2. The van der Waals surface area contributed by atoms with Crippen molar-refractivity contribution in [2.24, 2.45) is 0 Å². The van der Waals surface area contributed by atoms with Crippen molar-refractivity contribution in [1.29, 1.82) is 0 Å². The molecule has 0 saturated heterocycles. The smallest absolute Gasteiger partial charge is 0.241 e. The fourth-order valence-corrected chi connectivity index (χ4v) is 2.42. The summed E-state index contributed by atoms with van der Waals surface area (Å²) >= 11 is 1.54. The van der Waals surface area contributed by atoms with Crippen molar-refractivity contribution in [3.05, 3.63) is 40.9 Å². The van der Waals surface area contributed by atoms with Gasteiger partial charge in [0, 0.05) is 23.4 Å². The lowest BCUT2D eigenvalue weighted by Gasteiger charge is -2.10. The molecule has 0 amide bonds. The molecule has 1 aromatic carbocycles. The van der Waals surface area contributed by atoms with E-state index in [1.165, 1.54) is 12.1 Å². The third-order valence-corrected chi connectivity index (χ3v) is 3.49. The Morgan fingerprint density at radius 3 is 2.16 bits per heavy atom. The maximum atomic E-state index is 13.0. The lowest BCUT2D eigenvalue weighted by Crippen LogP contribution is -2.06. The van der Waals surface area contributed by atoms with Crippen molar-refractivity contribution in [3.8, 4) is 10.6 Å². The summed E-state index contributed by atoms with van der Waals surface area (Å²) in [6.45, 7) is 6.94. The van der Waals surface area contributed by atoms with E-state index in [4.69, 9.17) is 0 Å². The highest BCUT2D eigenvalue weighted by molar-refractivity contribution is 7.13. The minimum absolute atomic E-state index is 0.0357. The quantitative estimate of drug-likeness (QED) is 0.723. The second kappa shape index (κ2) is 6.75. The van der Waals surface area contributed by atoms with Crippen LogP contribution in [0.5, 0.6) is 0 Å². The number of hydrogen-bond donors (Lipinski definition) is 0. The molecule has 0 aliphatic carbocycles. The number of nitrogens with zero attached hydrogens (tertiary/aromatic N) is 1. The summed E-state index contributed by atoms with van der Waals surface area (Å²) in [6.07, 6.45) is 0.890. The summed E-state index contributed by atoms with van der Waals surface area (Å²) in [5.41, 5.74) is 1.96. The van der Waals surface area contributed by atoms with Crippen molar-refractivity contribution in [1.82, 2.24) is 4.98 Å². The van der Waals surface area contributed by atoms with Crippen LogP contribution < -0.4 is 0 Å². The van der Waals surface area contributed by atoms with Crippen LogP contribution in [0.1, 0.15) is 39.0 Å². The number of hydrogen-bond acceptors (Lipinski definition) is 2. The van der Waals surface area contributed by atoms with Crippen molar-refractivity contribution >= 4 is 11.3 Å². The second-order valence-electron chi connectivity index (χ2n) is 3.96. The fraction of sp³-hybridized carbons (Fsp3) is 0.400. The van der Waals surface area contributed by atoms with Gasteiger partial charge in [0.25, 0.3) is 5.92 Å². The maximum Gasteiger partial charge on any atom is 0.270 e. The average molecular weight is 283 g/mol. The number of aromatic nitrogens is 1. The third-order valence-electron chi connectivity index (χ3n) is 2.55. The molecule has 1 nitrogen and oxygen atoms in total. The normalized spacial score (nSPS) is 10.8. The predicted molar refractivity (Wildman–Crippen MR) is 77.8 cm³/mol. The van der Waals surface area contributed by atoms with Gasteiger partial charge in [-0.25, -0.2) is 13.8 Å². The van der Waals surface area contributed by atoms with Gasteiger partial charge in [0.2, 0.25) is 0 Å². The van der Waals surface area contributed by atoms with Gasteiger partial charge in [-0.2, -0.15) is 0 Å². The predicted octanol–water partition coefficient (Wildman–Crippen LogP) is 5.51. The highest BCUT2D eigenvalue weighted by Crippen LogP contribution is 2.30. The van der Waals surface area contributed by atoms with Crippen LogP contribution in [0.4, 0.5) is 8.78 Å². The molecule has 0 atom stereocenters. The van der Waals surface area contributed by atoms with E-state index >= 15 is 0 Å². The first-order valence-corrected chi connectivity index (χ1v) is 7.32. The molecule has 0 aliphatic heterocycles. The van der Waals surface area contributed by atoms with Gasteiger partial charge < -0.3 is 0 Å². The monoisotopic (exact) mass is 283 g/mol. The van der Waals surface area contributed by atoms with E-state index in [0.717, 1.165) is 29.6 Å². The van der Waals surface area contributed by atoms with Gasteiger partial charge in [-0.3, -0.25) is 0 Å². The fourth-order valence-electron chi connectivity index (χ4n) is 1.51. The lowest BCUT2D eigenvalue weighted by molar-refractivity contribution is 0.0175. The number of alkyl halides is 2. The Labute approximate surface area is 117 Å². The molecule has 104 valence electrons. The summed E-state index contributed by atoms with van der Waals surface area (Å²) in [5, 5.41) is 2.88. The molecule has 0 saturated carbocycles. The van der Waals surface area contributed by atoms with Gasteiger partial charge >= 0.3 is 0 Å². The van der Waals surface area contributed by atoms with Crippen molar-refractivity contribution in [2.75, 3.05) is 0 Å². The number of benzene rings is 1. The summed E-state index contributed by atoms with van der Waals surface area (Å²) in [4.78, 5) is 4.42. The molecular weight excluding hydrogens is 264 g/mol. The molecule has 2 rings (SSSR count). The molecule has 0 aliphatic rings. The molecule has 1 heterocycles. The molecule has 0 fully saturated rings. The minimum atomic E-state index is -2.78. The lowest BCUT2D eigenvalue weighted by atomic mass is 10.1. The van der Waals surface area contributed by atoms with Crippen molar-refractivity contribution < 1.29 is 8.78 Å². The number of rotatable bonds is 3. The van der Waals surface area contributed by atoms with Gasteiger partial charge in [0.05, 0.1) is 5.69 Å². The zero-order valence-corrected chi connectivity index (χ0v) is 12.5. The van der Waals surface area contributed by atoms with E-state index in [9.17, 15) is 8.78 Å². The van der Waals surface area contributed by atoms with Gasteiger partial charge in [-0.05, 0) is 6.42 Å². The van der Waals surface area contributed by atoms with Crippen LogP contribution in [0.3, 0.4) is 0 Å². The Kier molecular flexibility index (Phi) is 5.60. The van der Waals surface area contributed by atoms with E-state index in [0.29, 0.717) is 0 Å². The van der Waals surface area contributed by atoms with E-state index in [-0.39, 0.29) is 5.56 Å². The van der Waals surface area contributed by atoms with Gasteiger partial charge in [0.15, 0.2) is 0 Å². The van der Waals surface area contributed by atoms with E-state index in [2.05, 4.69) is 4.98 Å². The first-order chi connectivity index (χ1) is 9.00. The van der Waals surface area contributed by atoms with Crippen molar-refractivity contribution in [2.45, 2.75) is 40.0 Å². The maximum absolute atomic E-state index is 13.0. The zero-order chi connectivity index (χ0) is 14.5. The Morgan fingerprint density at radius 1 is 1.16 bits per heavy atom. The largest absolute Gasteiger partial charge is 0.270 e. The van der Waals surface area contributed by atoms with Crippen LogP contribution in [0, 0.1) is 0 Å². The summed E-state index contributed by atoms with van der Waals surface area (Å²) in [5.74, 6) is -2.78. The molecule has 1 aromatic heterocycles. The summed E-state index contributed by atoms with van der Waals surface area (Å²) in [7, 11) is 0. The molecule has 0 spiro atoms. The standard InChI is InChI=1S/C13H13F2NS.C2H6/c1-3-11-8-17-12(16-11)9-4-6-10(7-5-9)13(2,14)15;1-2/h4-8H,3H2,1-2H3;1-2H3. The Bertz CT molecular complexity index is 498. The Hall–Kier alpha value is -1.29. The molecule has 0 bridgehead atoms. The van der Waals surface area contributed by atoms with E-state index < -0.39 is 5.92 Å². The van der Waals surface area contributed by atoms with Crippen LogP contribution in [0.15, 0.2) is 29.6 Å². The molecule has 0 unspecified atom stereocenters. The first kappa shape index (κ1) is 15.8. The summed E-state index contributed by atoms with van der Waals surface area (Å²) in [6, 6.07) is 6.32. The molecule has 2 aromatic rings. The van der Waals surface area contributed by atoms with Crippen LogP contribution in [0.25, 0.3) is 10.6 Å². The van der Waals surface area contributed by atoms with Crippen LogP contribution >= 0.6 is 11.3 Å². The summed E-state index contributed by atoms with van der Waals surface area (Å²) < 4.78 is 26.1. The Morgan fingerprint density at radius 2 is 1.74 bits per heavy atom. The highest BCUT2D eigenvalue weighted by atomic mass is 32.1. The molecule has 0 N–H and O–H groups in total. The van der Waals surface area contributed by atoms with Crippen LogP contribution in [-0.2, 0) is 12.3 Å². The Balaban J connectivity index is 0.000000861. The van der Waals surface area contributed by atoms with E-state index in [1.807, 2.05) is 26.2 Å². The van der Waals surface area contributed by atoms with Crippen molar-refractivity contribution in [3.63, 3.8) is 0 Å². The second-order valence-corrected chi connectivity index (χ2v) is 4.82. The third kappa shape index (κ3) is 4.10. The zero-order valence-electron chi connectivity index (χ0n) is 11.7.